The van der Waals surface area contributed by atoms with E-state index in [0.717, 1.165) is 78.3 Å². The normalized spacial score (nSPS) is 22.7. The zero-order valence-corrected chi connectivity index (χ0v) is 14.5. The number of hydrogen-bond donors (Lipinski definition) is 2. The van der Waals surface area contributed by atoms with Gasteiger partial charge in [-0.15, -0.1) is 12.4 Å². The lowest BCUT2D eigenvalue weighted by Crippen LogP contribution is -2.54. The first-order valence-corrected chi connectivity index (χ1v) is 8.36. The SMILES string of the molecule is CCCNC(=O)N(CCN1CCOCC1)C1CCCNC1.Cl. The summed E-state index contributed by atoms with van der Waals surface area (Å²) in [5.74, 6) is 0. The van der Waals surface area contributed by atoms with Gasteiger partial charge in [0.15, 0.2) is 0 Å². The molecule has 2 aliphatic heterocycles. The Labute approximate surface area is 140 Å². The van der Waals surface area contributed by atoms with Crippen LogP contribution >= 0.6 is 12.4 Å². The maximum atomic E-state index is 12.4. The minimum atomic E-state index is 0. The predicted molar refractivity (Wildman–Crippen MR) is 90.8 cm³/mol. The summed E-state index contributed by atoms with van der Waals surface area (Å²) in [4.78, 5) is 16.8. The van der Waals surface area contributed by atoms with E-state index < -0.39 is 0 Å². The Bertz CT molecular complexity index is 308. The standard InChI is InChI=1S/C15H30N4O2.ClH/c1-2-5-17-15(20)19(14-4-3-6-16-13-14)8-7-18-9-11-21-12-10-18;/h14,16H,2-13H2,1H3,(H,17,20);1H. The van der Waals surface area contributed by atoms with Gasteiger partial charge in [0, 0.05) is 45.3 Å². The first-order valence-electron chi connectivity index (χ1n) is 8.36. The fraction of sp³-hybridized carbons (Fsp3) is 0.933. The van der Waals surface area contributed by atoms with Crippen LogP contribution in [0.5, 0.6) is 0 Å². The molecule has 2 fully saturated rings. The van der Waals surface area contributed by atoms with Crippen molar-refractivity contribution in [2.45, 2.75) is 32.2 Å². The van der Waals surface area contributed by atoms with Crippen molar-refractivity contribution in [1.82, 2.24) is 20.4 Å². The second-order valence-electron chi connectivity index (χ2n) is 5.88. The van der Waals surface area contributed by atoms with Crippen LogP contribution < -0.4 is 10.6 Å². The Hall–Kier alpha value is -0.560. The van der Waals surface area contributed by atoms with E-state index in [1.54, 1.807) is 0 Å². The lowest BCUT2D eigenvalue weighted by Gasteiger charge is -2.36. The molecule has 0 saturated carbocycles. The van der Waals surface area contributed by atoms with Gasteiger partial charge in [0.05, 0.1) is 13.2 Å². The molecule has 2 rings (SSSR count). The summed E-state index contributed by atoms with van der Waals surface area (Å²) in [7, 11) is 0. The van der Waals surface area contributed by atoms with Gasteiger partial charge in [-0.05, 0) is 25.8 Å². The fourth-order valence-corrected chi connectivity index (χ4v) is 2.96. The van der Waals surface area contributed by atoms with Gasteiger partial charge in [-0.3, -0.25) is 4.90 Å². The van der Waals surface area contributed by atoms with Crippen molar-refractivity contribution < 1.29 is 9.53 Å². The van der Waals surface area contributed by atoms with E-state index in [2.05, 4.69) is 22.5 Å². The molecule has 130 valence electrons. The van der Waals surface area contributed by atoms with E-state index in [9.17, 15) is 4.79 Å². The smallest absolute Gasteiger partial charge is 0.317 e. The maximum Gasteiger partial charge on any atom is 0.317 e. The highest BCUT2D eigenvalue weighted by molar-refractivity contribution is 5.85. The van der Waals surface area contributed by atoms with Gasteiger partial charge in [0.1, 0.15) is 0 Å². The number of morpholine rings is 1. The molecule has 0 radical (unpaired) electrons. The monoisotopic (exact) mass is 334 g/mol. The van der Waals surface area contributed by atoms with E-state index in [-0.39, 0.29) is 18.4 Å². The van der Waals surface area contributed by atoms with E-state index >= 15 is 0 Å². The molecule has 2 aliphatic rings. The second-order valence-corrected chi connectivity index (χ2v) is 5.88. The lowest BCUT2D eigenvalue weighted by molar-refractivity contribution is 0.0327. The molecule has 1 unspecified atom stereocenters. The highest BCUT2D eigenvalue weighted by atomic mass is 35.5. The zero-order valence-electron chi connectivity index (χ0n) is 13.7. The van der Waals surface area contributed by atoms with Crippen molar-refractivity contribution in [2.75, 3.05) is 59.0 Å². The van der Waals surface area contributed by atoms with Crippen LogP contribution in [0.2, 0.25) is 0 Å². The van der Waals surface area contributed by atoms with Gasteiger partial charge in [-0.2, -0.15) is 0 Å². The van der Waals surface area contributed by atoms with Crippen LogP contribution in [0, 0.1) is 0 Å². The van der Waals surface area contributed by atoms with Crippen molar-refractivity contribution in [2.24, 2.45) is 0 Å². The van der Waals surface area contributed by atoms with Crippen LogP contribution in [0.4, 0.5) is 4.79 Å². The van der Waals surface area contributed by atoms with Gasteiger partial charge >= 0.3 is 6.03 Å². The van der Waals surface area contributed by atoms with Crippen LogP contribution in [-0.4, -0.2) is 80.9 Å². The van der Waals surface area contributed by atoms with Gasteiger partial charge < -0.3 is 20.3 Å². The number of hydrogen-bond acceptors (Lipinski definition) is 4. The molecular formula is C15H31ClN4O2. The molecule has 2 N–H and O–H groups in total. The van der Waals surface area contributed by atoms with Crippen molar-refractivity contribution in [3.8, 4) is 0 Å². The van der Waals surface area contributed by atoms with Gasteiger partial charge in [0.25, 0.3) is 0 Å². The van der Waals surface area contributed by atoms with Crippen LogP contribution in [0.15, 0.2) is 0 Å². The molecule has 2 heterocycles. The van der Waals surface area contributed by atoms with Crippen molar-refractivity contribution in [1.29, 1.82) is 0 Å². The van der Waals surface area contributed by atoms with Crippen LogP contribution in [0.25, 0.3) is 0 Å². The highest BCUT2D eigenvalue weighted by Gasteiger charge is 2.25. The average molecular weight is 335 g/mol. The molecule has 2 amide bonds. The molecule has 0 aliphatic carbocycles. The van der Waals surface area contributed by atoms with Gasteiger partial charge in [0.2, 0.25) is 0 Å². The zero-order chi connectivity index (χ0) is 14.9. The molecule has 0 bridgehead atoms. The quantitative estimate of drug-likeness (QED) is 0.758. The summed E-state index contributed by atoms with van der Waals surface area (Å²) >= 11 is 0. The Balaban J connectivity index is 0.00000242. The number of carbonyl (C=O) groups excluding carboxylic acids is 1. The number of amides is 2. The van der Waals surface area contributed by atoms with E-state index in [4.69, 9.17) is 4.74 Å². The van der Waals surface area contributed by atoms with Crippen LogP contribution in [0.1, 0.15) is 26.2 Å². The summed E-state index contributed by atoms with van der Waals surface area (Å²) in [6, 6.07) is 0.426. The maximum absolute atomic E-state index is 12.4. The average Bonchev–Trinajstić information content (AvgIpc) is 2.55. The topological polar surface area (TPSA) is 56.8 Å². The number of urea groups is 1. The number of nitrogens with one attached hydrogen (secondary N) is 2. The molecule has 6 nitrogen and oxygen atoms in total. The number of halogens is 1. The molecule has 7 heteroatoms. The summed E-state index contributed by atoms with van der Waals surface area (Å²) < 4.78 is 5.38. The van der Waals surface area contributed by atoms with Crippen molar-refractivity contribution >= 4 is 18.4 Å². The second kappa shape index (κ2) is 11.0. The molecular weight excluding hydrogens is 304 g/mol. The first-order chi connectivity index (χ1) is 10.3. The van der Waals surface area contributed by atoms with E-state index in [1.165, 1.54) is 0 Å². The molecule has 0 aromatic carbocycles. The summed E-state index contributed by atoms with van der Waals surface area (Å²) in [5, 5.41) is 6.44. The third kappa shape index (κ3) is 6.28. The molecule has 0 spiro atoms. The molecule has 0 aromatic rings. The fourth-order valence-electron chi connectivity index (χ4n) is 2.96. The molecule has 1 atom stereocenters. The summed E-state index contributed by atoms with van der Waals surface area (Å²) in [5.41, 5.74) is 0. The number of nitrogens with zero attached hydrogens (tertiary/aromatic N) is 2. The predicted octanol–water partition coefficient (Wildman–Crippen LogP) is 0.914. The molecule has 0 aromatic heterocycles. The van der Waals surface area contributed by atoms with Crippen molar-refractivity contribution in [3.63, 3.8) is 0 Å². The van der Waals surface area contributed by atoms with Gasteiger partial charge in [-0.25, -0.2) is 4.79 Å². The Kier molecular flexibility index (Phi) is 9.79. The molecule has 22 heavy (non-hydrogen) atoms. The minimum Gasteiger partial charge on any atom is -0.379 e. The van der Waals surface area contributed by atoms with E-state index in [1.807, 2.05) is 4.90 Å². The summed E-state index contributed by atoms with van der Waals surface area (Å²) in [6.45, 7) is 10.2. The van der Waals surface area contributed by atoms with Crippen molar-refractivity contribution in [3.05, 3.63) is 0 Å². The number of piperidine rings is 1. The third-order valence-electron chi connectivity index (χ3n) is 4.26. The van der Waals surface area contributed by atoms with Crippen LogP contribution in [-0.2, 0) is 4.74 Å². The summed E-state index contributed by atoms with van der Waals surface area (Å²) in [6.07, 6.45) is 3.24. The molecule has 2 saturated heterocycles. The largest absolute Gasteiger partial charge is 0.379 e. The number of rotatable bonds is 6. The highest BCUT2D eigenvalue weighted by Crippen LogP contribution is 2.11. The van der Waals surface area contributed by atoms with Gasteiger partial charge in [-0.1, -0.05) is 6.92 Å². The Morgan fingerprint density at radius 1 is 1.41 bits per heavy atom. The first kappa shape index (κ1) is 19.5. The Morgan fingerprint density at radius 3 is 2.82 bits per heavy atom. The Morgan fingerprint density at radius 2 is 2.18 bits per heavy atom. The lowest BCUT2D eigenvalue weighted by atomic mass is 10.1. The minimum absolute atomic E-state index is 0. The van der Waals surface area contributed by atoms with E-state index in [0.29, 0.717) is 6.04 Å². The van der Waals surface area contributed by atoms with Crippen LogP contribution in [0.3, 0.4) is 0 Å². The number of carbonyl (C=O) groups is 1. The number of ether oxygens (including phenoxy) is 1. The third-order valence-corrected chi connectivity index (χ3v) is 4.26.